The maximum absolute atomic E-state index is 14.3. The standard InChI is InChI=1S/C46H50N2O6S2/c1-3-5-7-9-11-13-15-41(49)53-23-21-29-25-37-39(55-29)27-35-31-17-18-32-36-28-40-38(26-30(56-40)22-24-54-42(50)16-14-12-10-8-6-4-2)48(36)46(52)34-20-19-33(43(31)44(32)34)45(51)47(35)37/h17-20,25-28H,3-16,21-24H2,1-2H3. The Bertz CT molecular complexity index is 2600. The highest BCUT2D eigenvalue weighted by Gasteiger charge is 2.22. The quantitative estimate of drug-likeness (QED) is 0.0433. The molecule has 0 saturated heterocycles. The molecule has 2 aromatic carbocycles. The van der Waals surface area contributed by atoms with Crippen LogP contribution in [-0.4, -0.2) is 34.0 Å². The van der Waals surface area contributed by atoms with Gasteiger partial charge in [-0.2, -0.15) is 0 Å². The highest BCUT2D eigenvalue weighted by atomic mass is 32.1. The Kier molecular flexibility index (Phi) is 11.6. The fraction of sp³-hybridized carbons (Fsp3) is 0.435. The summed E-state index contributed by atoms with van der Waals surface area (Å²) in [5.74, 6) is -0.281. The van der Waals surface area contributed by atoms with Crippen molar-refractivity contribution in [2.75, 3.05) is 13.2 Å². The molecule has 0 unspecified atom stereocenters. The van der Waals surface area contributed by atoms with E-state index in [9.17, 15) is 19.2 Å². The van der Waals surface area contributed by atoms with Crippen LogP contribution in [0.25, 0.3) is 63.8 Å². The van der Waals surface area contributed by atoms with Gasteiger partial charge < -0.3 is 9.47 Å². The fourth-order valence-corrected chi connectivity index (χ4v) is 10.6. The fourth-order valence-electron chi connectivity index (χ4n) is 8.46. The van der Waals surface area contributed by atoms with Crippen LogP contribution in [0.4, 0.5) is 0 Å². The number of benzene rings is 2. The van der Waals surface area contributed by atoms with E-state index in [2.05, 4.69) is 50.2 Å². The molecule has 0 fully saturated rings. The molecule has 56 heavy (non-hydrogen) atoms. The number of fused-ring (bicyclic) bond motifs is 8. The van der Waals surface area contributed by atoms with E-state index in [-0.39, 0.29) is 23.1 Å². The second-order valence-corrected chi connectivity index (χ2v) is 17.6. The number of aromatic nitrogens is 2. The first kappa shape index (κ1) is 38.3. The first-order valence-electron chi connectivity index (χ1n) is 20.7. The molecule has 8 rings (SSSR count). The summed E-state index contributed by atoms with van der Waals surface area (Å²) in [7, 11) is 0. The van der Waals surface area contributed by atoms with E-state index in [0.717, 1.165) is 88.4 Å². The van der Waals surface area contributed by atoms with Gasteiger partial charge in [0.05, 0.1) is 44.7 Å². The lowest BCUT2D eigenvalue weighted by Crippen LogP contribution is -2.16. The van der Waals surface area contributed by atoms with Crippen molar-refractivity contribution in [1.29, 1.82) is 0 Å². The zero-order valence-electron chi connectivity index (χ0n) is 32.5. The summed E-state index contributed by atoms with van der Waals surface area (Å²) in [6.07, 6.45) is 15.7. The second kappa shape index (κ2) is 16.9. The van der Waals surface area contributed by atoms with Crippen LogP contribution in [0.2, 0.25) is 0 Å². The molecule has 0 amide bonds. The summed E-state index contributed by atoms with van der Waals surface area (Å²) in [5, 5.41) is 4.71. The van der Waals surface area contributed by atoms with Crippen LogP contribution in [0.1, 0.15) is 113 Å². The van der Waals surface area contributed by atoms with Crippen molar-refractivity contribution < 1.29 is 19.1 Å². The van der Waals surface area contributed by atoms with Crippen molar-refractivity contribution in [3.8, 4) is 0 Å². The summed E-state index contributed by atoms with van der Waals surface area (Å²) in [6, 6.07) is 16.0. The number of nitrogens with zero attached hydrogens (tertiary/aromatic N) is 2. The van der Waals surface area contributed by atoms with E-state index in [1.54, 1.807) is 43.6 Å². The molecule has 0 aliphatic heterocycles. The van der Waals surface area contributed by atoms with E-state index < -0.39 is 0 Å². The second-order valence-electron chi connectivity index (χ2n) is 15.3. The minimum Gasteiger partial charge on any atom is -0.465 e. The van der Waals surface area contributed by atoms with Gasteiger partial charge in [0.25, 0.3) is 11.1 Å². The van der Waals surface area contributed by atoms with Gasteiger partial charge in [-0.3, -0.25) is 28.0 Å². The molecule has 292 valence electrons. The molecule has 0 aliphatic rings. The van der Waals surface area contributed by atoms with Crippen LogP contribution in [-0.2, 0) is 31.9 Å². The Morgan fingerprint density at radius 1 is 0.518 bits per heavy atom. The van der Waals surface area contributed by atoms with Crippen LogP contribution in [0.5, 0.6) is 0 Å². The summed E-state index contributed by atoms with van der Waals surface area (Å²) in [4.78, 5) is 55.3. The number of esters is 2. The van der Waals surface area contributed by atoms with Gasteiger partial charge in [-0.15, -0.1) is 22.7 Å². The molecular formula is C46H50N2O6S2. The molecule has 0 N–H and O–H groups in total. The number of hydrogen-bond acceptors (Lipinski definition) is 8. The highest BCUT2D eigenvalue weighted by molar-refractivity contribution is 7.19. The van der Waals surface area contributed by atoms with Crippen molar-refractivity contribution >= 4 is 98.4 Å². The molecule has 10 heteroatoms. The lowest BCUT2D eigenvalue weighted by atomic mass is 9.95. The van der Waals surface area contributed by atoms with Crippen molar-refractivity contribution in [3.05, 3.63) is 79.0 Å². The number of unbranched alkanes of at least 4 members (excludes halogenated alkanes) is 10. The Morgan fingerprint density at radius 3 is 1.34 bits per heavy atom. The number of hydrogen-bond donors (Lipinski definition) is 0. The summed E-state index contributed by atoms with van der Waals surface area (Å²) >= 11 is 3.25. The third-order valence-electron chi connectivity index (χ3n) is 11.4. The Balaban J connectivity index is 1.01. The minimum absolute atomic E-state index is 0.104. The van der Waals surface area contributed by atoms with Gasteiger partial charge in [0.1, 0.15) is 0 Å². The van der Waals surface area contributed by atoms with Gasteiger partial charge in [-0.25, -0.2) is 0 Å². The molecule has 8 nitrogen and oxygen atoms in total. The van der Waals surface area contributed by atoms with Gasteiger partial charge in [-0.1, -0.05) is 90.2 Å². The summed E-state index contributed by atoms with van der Waals surface area (Å²) in [6.45, 7) is 5.06. The smallest absolute Gasteiger partial charge is 0.305 e. The predicted octanol–water partition coefficient (Wildman–Crippen LogP) is 11.3. The van der Waals surface area contributed by atoms with Crippen LogP contribution in [0.15, 0.2) is 58.1 Å². The van der Waals surface area contributed by atoms with Gasteiger partial charge in [0.15, 0.2) is 0 Å². The van der Waals surface area contributed by atoms with Crippen molar-refractivity contribution in [3.63, 3.8) is 0 Å². The van der Waals surface area contributed by atoms with E-state index in [4.69, 9.17) is 9.47 Å². The van der Waals surface area contributed by atoms with Crippen LogP contribution >= 0.6 is 22.7 Å². The van der Waals surface area contributed by atoms with E-state index >= 15 is 0 Å². The molecule has 0 spiro atoms. The molecule has 0 saturated carbocycles. The first-order valence-corrected chi connectivity index (χ1v) is 22.3. The third kappa shape index (κ3) is 7.38. The molecule has 6 heterocycles. The Morgan fingerprint density at radius 2 is 0.911 bits per heavy atom. The maximum atomic E-state index is 14.3. The van der Waals surface area contributed by atoms with E-state index in [0.29, 0.717) is 49.7 Å². The van der Waals surface area contributed by atoms with Crippen LogP contribution in [0, 0.1) is 0 Å². The molecule has 0 atom stereocenters. The molecule has 6 aromatic heterocycles. The zero-order valence-corrected chi connectivity index (χ0v) is 34.1. The van der Waals surface area contributed by atoms with Gasteiger partial charge >= 0.3 is 11.9 Å². The molecule has 0 aliphatic carbocycles. The predicted molar refractivity (Wildman–Crippen MR) is 232 cm³/mol. The number of carbonyl (C=O) groups excluding carboxylic acids is 2. The van der Waals surface area contributed by atoms with Crippen LogP contribution < -0.4 is 11.1 Å². The molecular weight excluding hydrogens is 741 g/mol. The number of rotatable bonds is 20. The minimum atomic E-state index is -0.140. The van der Waals surface area contributed by atoms with Gasteiger partial charge in [0, 0.05) is 67.8 Å². The summed E-state index contributed by atoms with van der Waals surface area (Å²) in [5.41, 5.74) is 3.17. The lowest BCUT2D eigenvalue weighted by molar-refractivity contribution is -0.144. The molecule has 0 bridgehead atoms. The lowest BCUT2D eigenvalue weighted by Gasteiger charge is -2.13. The molecule has 0 radical (unpaired) electrons. The SMILES string of the molecule is CCCCCCCCC(=O)OCCc1cc2c(cc3c4ccc5c6c(ccc(c(=O)n23)c46)c(=O)n2c3cc(CCOC(=O)CCCCCCCC)sc3cc52)s1. The zero-order chi connectivity index (χ0) is 38.8. The third-order valence-corrected chi connectivity index (χ3v) is 13.6. The van der Waals surface area contributed by atoms with Crippen molar-refractivity contribution in [2.45, 2.75) is 117 Å². The maximum Gasteiger partial charge on any atom is 0.305 e. The average Bonchev–Trinajstić information content (AvgIpc) is 3.95. The number of thiophene rings is 2. The first-order chi connectivity index (χ1) is 27.4. The number of pyridine rings is 2. The number of ether oxygens (including phenoxy) is 2. The van der Waals surface area contributed by atoms with E-state index in [1.165, 1.54) is 51.4 Å². The van der Waals surface area contributed by atoms with Gasteiger partial charge in [0.2, 0.25) is 0 Å². The van der Waals surface area contributed by atoms with Crippen molar-refractivity contribution in [1.82, 2.24) is 8.80 Å². The average molecular weight is 791 g/mol. The number of carbonyl (C=O) groups is 2. The normalized spacial score (nSPS) is 12.2. The Labute approximate surface area is 333 Å². The topological polar surface area (TPSA) is 95.6 Å². The molecule has 8 aromatic rings. The monoisotopic (exact) mass is 790 g/mol. The summed E-state index contributed by atoms with van der Waals surface area (Å²) < 4.78 is 16.7. The highest BCUT2D eigenvalue weighted by Crippen LogP contribution is 2.40. The Hall–Kier alpha value is -4.54. The van der Waals surface area contributed by atoms with Gasteiger partial charge in [-0.05, 0) is 49.2 Å². The van der Waals surface area contributed by atoms with Crippen LogP contribution in [0.3, 0.4) is 0 Å². The van der Waals surface area contributed by atoms with Crippen molar-refractivity contribution in [2.24, 2.45) is 0 Å². The van der Waals surface area contributed by atoms with E-state index in [1.807, 2.05) is 0 Å². The largest absolute Gasteiger partial charge is 0.465 e.